The molecule has 3 aromatic carbocycles. The fourth-order valence-corrected chi connectivity index (χ4v) is 7.01. The molecule has 1 nitrogen and oxygen atoms in total. The third-order valence-corrected chi connectivity index (χ3v) is 9.84. The van der Waals surface area contributed by atoms with Gasteiger partial charge in [-0.15, -0.1) is 8.46 Å². The summed E-state index contributed by atoms with van der Waals surface area (Å²) in [5.74, 6) is 0.895. The quantitative estimate of drug-likeness (QED) is 0.430. The van der Waals surface area contributed by atoms with Gasteiger partial charge in [0.05, 0.1) is 0 Å². The van der Waals surface area contributed by atoms with Gasteiger partial charge in [0.1, 0.15) is 11.4 Å². The van der Waals surface area contributed by atoms with Crippen LogP contribution >= 0.6 is 23.3 Å². The second-order valence-corrected chi connectivity index (χ2v) is 12.3. The highest BCUT2D eigenvalue weighted by atomic mass is 79.9. The standard InChI is InChI=1S/C22H23BrOS/c1-22(2,3)24-18-14-16-21(17-15-18)25(23,19-10-6-4-7-11-19)20-12-8-5-9-13-20/h4-17H,1-3H3. The van der Waals surface area contributed by atoms with E-state index in [0.717, 1.165) is 5.75 Å². The van der Waals surface area contributed by atoms with E-state index in [9.17, 15) is 0 Å². The summed E-state index contributed by atoms with van der Waals surface area (Å²) in [6.45, 7) is 6.19. The molecule has 0 heterocycles. The molecule has 0 amide bonds. The molecular weight excluding hydrogens is 392 g/mol. The van der Waals surface area contributed by atoms with Crippen molar-refractivity contribution in [3.63, 3.8) is 0 Å². The first kappa shape index (κ1) is 18.1. The zero-order valence-corrected chi connectivity index (χ0v) is 17.2. The van der Waals surface area contributed by atoms with Crippen LogP contribution in [0.4, 0.5) is 0 Å². The molecule has 0 spiro atoms. The summed E-state index contributed by atoms with van der Waals surface area (Å²) in [7, 11) is -1.48. The maximum absolute atomic E-state index is 5.97. The average molecular weight is 415 g/mol. The Kier molecular flexibility index (Phi) is 5.26. The monoisotopic (exact) mass is 414 g/mol. The van der Waals surface area contributed by atoms with E-state index in [4.69, 9.17) is 4.74 Å². The van der Waals surface area contributed by atoms with Crippen LogP contribution in [0.3, 0.4) is 0 Å². The maximum Gasteiger partial charge on any atom is 0.120 e. The molecule has 0 unspecified atom stereocenters. The fourth-order valence-electron chi connectivity index (χ4n) is 2.67. The molecule has 25 heavy (non-hydrogen) atoms. The molecule has 3 rings (SSSR count). The molecule has 0 saturated heterocycles. The Labute approximate surface area is 159 Å². The van der Waals surface area contributed by atoms with Gasteiger partial charge in [-0.25, -0.2) is 0 Å². The van der Waals surface area contributed by atoms with E-state index < -0.39 is 8.46 Å². The number of halogens is 1. The molecule has 3 heteroatoms. The highest BCUT2D eigenvalue weighted by Crippen LogP contribution is 2.73. The number of ether oxygens (including phenoxy) is 1. The Bertz CT molecular complexity index is 769. The van der Waals surface area contributed by atoms with Gasteiger partial charge in [0.15, 0.2) is 0 Å². The molecule has 0 aliphatic carbocycles. The third kappa shape index (κ3) is 4.10. The molecule has 0 N–H and O–H groups in total. The van der Waals surface area contributed by atoms with Crippen molar-refractivity contribution in [2.75, 3.05) is 0 Å². The van der Waals surface area contributed by atoms with E-state index in [1.165, 1.54) is 14.7 Å². The number of rotatable bonds is 4. The van der Waals surface area contributed by atoms with Gasteiger partial charge in [-0.2, -0.15) is 0 Å². The second kappa shape index (κ2) is 7.27. The number of hydrogen-bond acceptors (Lipinski definition) is 1. The van der Waals surface area contributed by atoms with Crippen LogP contribution in [0.1, 0.15) is 20.8 Å². The van der Waals surface area contributed by atoms with Crippen LogP contribution in [0, 0.1) is 0 Å². The fraction of sp³-hybridized carbons (Fsp3) is 0.182. The zero-order valence-electron chi connectivity index (χ0n) is 14.8. The van der Waals surface area contributed by atoms with Gasteiger partial charge in [-0.1, -0.05) is 36.4 Å². The maximum atomic E-state index is 5.97. The molecule has 0 aliphatic rings. The Morgan fingerprint density at radius 2 is 1.04 bits per heavy atom. The lowest BCUT2D eigenvalue weighted by atomic mass is 10.2. The lowest BCUT2D eigenvalue weighted by Gasteiger charge is -2.35. The lowest BCUT2D eigenvalue weighted by molar-refractivity contribution is 0.131. The SMILES string of the molecule is CC(C)(C)Oc1ccc(S(Br)(c2ccccc2)c2ccccc2)cc1. The minimum Gasteiger partial charge on any atom is -0.488 e. The molecule has 0 aliphatic heterocycles. The highest BCUT2D eigenvalue weighted by Gasteiger charge is 2.28. The van der Waals surface area contributed by atoms with Crippen molar-refractivity contribution in [3.05, 3.63) is 84.9 Å². The topological polar surface area (TPSA) is 9.23 Å². The van der Waals surface area contributed by atoms with E-state index in [1.807, 2.05) is 0 Å². The summed E-state index contributed by atoms with van der Waals surface area (Å²) in [5.41, 5.74) is -0.196. The molecule has 0 bridgehead atoms. The largest absolute Gasteiger partial charge is 0.488 e. The lowest BCUT2D eigenvalue weighted by Crippen LogP contribution is -2.22. The van der Waals surface area contributed by atoms with E-state index in [0.29, 0.717) is 0 Å². The Morgan fingerprint density at radius 1 is 0.640 bits per heavy atom. The summed E-state index contributed by atoms with van der Waals surface area (Å²) in [5, 5.41) is 0. The van der Waals surface area contributed by atoms with Gasteiger partial charge in [-0.05, 0) is 84.1 Å². The molecule has 130 valence electrons. The van der Waals surface area contributed by atoms with Crippen LogP contribution < -0.4 is 4.74 Å². The summed E-state index contributed by atoms with van der Waals surface area (Å²) in [6, 6.07) is 29.7. The molecule has 0 saturated carbocycles. The van der Waals surface area contributed by atoms with Gasteiger partial charge in [0.2, 0.25) is 0 Å². The predicted molar refractivity (Wildman–Crippen MR) is 111 cm³/mol. The Hall–Kier alpha value is -1.71. The van der Waals surface area contributed by atoms with Crippen LogP contribution in [0.15, 0.2) is 99.6 Å². The molecule has 0 aromatic heterocycles. The van der Waals surface area contributed by atoms with E-state index in [-0.39, 0.29) is 5.60 Å². The van der Waals surface area contributed by atoms with Crippen molar-refractivity contribution in [1.82, 2.24) is 0 Å². The summed E-state index contributed by atoms with van der Waals surface area (Å²) < 4.78 is 5.97. The van der Waals surface area contributed by atoms with Gasteiger partial charge in [0, 0.05) is 14.7 Å². The summed E-state index contributed by atoms with van der Waals surface area (Å²) in [4.78, 5) is 3.82. The van der Waals surface area contributed by atoms with Gasteiger partial charge in [-0.3, -0.25) is 0 Å². The van der Waals surface area contributed by atoms with Crippen LogP contribution in [-0.2, 0) is 0 Å². The molecular formula is C22H23BrOS. The molecule has 0 fully saturated rings. The minimum atomic E-state index is -1.48. The van der Waals surface area contributed by atoms with Crippen molar-refractivity contribution in [1.29, 1.82) is 0 Å². The van der Waals surface area contributed by atoms with E-state index in [2.05, 4.69) is 121 Å². The third-order valence-electron chi connectivity index (χ3n) is 3.71. The zero-order chi connectivity index (χ0) is 17.9. The highest BCUT2D eigenvalue weighted by molar-refractivity contribution is 9.58. The Morgan fingerprint density at radius 3 is 1.44 bits per heavy atom. The van der Waals surface area contributed by atoms with Gasteiger partial charge < -0.3 is 4.74 Å². The van der Waals surface area contributed by atoms with E-state index in [1.54, 1.807) is 0 Å². The van der Waals surface area contributed by atoms with Crippen molar-refractivity contribution in [2.45, 2.75) is 41.1 Å². The Balaban J connectivity index is 2.07. The predicted octanol–water partition coefficient (Wildman–Crippen LogP) is 7.46. The first-order valence-electron chi connectivity index (χ1n) is 8.32. The smallest absolute Gasteiger partial charge is 0.120 e. The van der Waals surface area contributed by atoms with Crippen molar-refractivity contribution in [3.8, 4) is 5.75 Å². The number of hydrogen-bond donors (Lipinski definition) is 0. The van der Waals surface area contributed by atoms with Crippen molar-refractivity contribution < 1.29 is 4.74 Å². The minimum absolute atomic E-state index is 0.196. The van der Waals surface area contributed by atoms with Crippen LogP contribution in [0.2, 0.25) is 0 Å². The van der Waals surface area contributed by atoms with Crippen molar-refractivity contribution >= 4 is 23.3 Å². The van der Waals surface area contributed by atoms with E-state index >= 15 is 0 Å². The van der Waals surface area contributed by atoms with Crippen LogP contribution in [-0.4, -0.2) is 5.60 Å². The second-order valence-electron chi connectivity index (χ2n) is 6.85. The molecule has 0 radical (unpaired) electrons. The van der Waals surface area contributed by atoms with Crippen LogP contribution in [0.5, 0.6) is 5.75 Å². The molecule has 0 atom stereocenters. The number of benzene rings is 3. The summed E-state index contributed by atoms with van der Waals surface area (Å²) >= 11 is 4.14. The first-order chi connectivity index (χ1) is 11.9. The van der Waals surface area contributed by atoms with Gasteiger partial charge in [0.25, 0.3) is 0 Å². The van der Waals surface area contributed by atoms with Gasteiger partial charge >= 0.3 is 0 Å². The van der Waals surface area contributed by atoms with Crippen LogP contribution in [0.25, 0.3) is 0 Å². The average Bonchev–Trinajstić information content (AvgIpc) is 2.62. The molecule has 3 aromatic rings. The first-order valence-corrected chi connectivity index (χ1v) is 11.8. The summed E-state index contributed by atoms with van der Waals surface area (Å²) in [6.07, 6.45) is 0. The van der Waals surface area contributed by atoms with Crippen molar-refractivity contribution in [2.24, 2.45) is 0 Å². The normalized spacial score (nSPS) is 12.6.